The van der Waals surface area contributed by atoms with E-state index in [9.17, 15) is 14.0 Å². The van der Waals surface area contributed by atoms with Gasteiger partial charge in [-0.1, -0.05) is 23.9 Å². The Morgan fingerprint density at radius 1 is 1.04 bits per heavy atom. The van der Waals surface area contributed by atoms with Gasteiger partial charge in [0.15, 0.2) is 0 Å². The zero-order valence-electron chi connectivity index (χ0n) is 15.1. The second-order valence-corrected chi connectivity index (χ2v) is 7.15. The van der Waals surface area contributed by atoms with Crippen LogP contribution in [0.4, 0.5) is 15.8 Å². The van der Waals surface area contributed by atoms with Crippen molar-refractivity contribution in [3.8, 4) is 11.5 Å². The Balaban J connectivity index is 1.60. The topological polar surface area (TPSA) is 97.1 Å². The van der Waals surface area contributed by atoms with Crippen molar-refractivity contribution < 1.29 is 18.4 Å². The first-order valence-electron chi connectivity index (χ1n) is 8.36. The van der Waals surface area contributed by atoms with E-state index in [2.05, 4.69) is 20.8 Å². The van der Waals surface area contributed by atoms with E-state index < -0.39 is 11.1 Å². The summed E-state index contributed by atoms with van der Waals surface area (Å²) >= 11 is 1.07. The molecule has 0 aliphatic heterocycles. The Morgan fingerprint density at radius 2 is 1.68 bits per heavy atom. The maximum atomic E-state index is 13.8. The Kier molecular flexibility index (Phi) is 6.05. The molecule has 0 aliphatic carbocycles. The predicted molar refractivity (Wildman–Crippen MR) is 104 cm³/mol. The Bertz CT molecular complexity index is 991. The third-order valence-corrected chi connectivity index (χ3v) is 4.56. The van der Waals surface area contributed by atoms with Gasteiger partial charge in [-0.25, -0.2) is 4.39 Å². The van der Waals surface area contributed by atoms with Crippen molar-refractivity contribution in [1.29, 1.82) is 0 Å². The number of aromatic nitrogens is 2. The van der Waals surface area contributed by atoms with Gasteiger partial charge in [0.25, 0.3) is 11.1 Å². The van der Waals surface area contributed by atoms with Crippen LogP contribution >= 0.6 is 11.8 Å². The number of anilines is 2. The highest BCUT2D eigenvalue weighted by Crippen LogP contribution is 2.28. The summed E-state index contributed by atoms with van der Waals surface area (Å²) in [4.78, 5) is 23.4. The number of benzene rings is 2. The number of carbonyl (C=O) groups is 2. The standard InChI is InChI=1S/C19H17FN4O3S/c1-11(17(26)22-14-9-7-13(8-10-14)21-12(2)25)28-19-24-23-18(27-19)15-5-3-4-6-16(15)20/h3-11H,1-2H3,(H,21,25)(H,22,26)/t11-/m0/s1. The lowest BCUT2D eigenvalue weighted by Crippen LogP contribution is -2.22. The molecule has 0 saturated heterocycles. The molecule has 7 nitrogen and oxygen atoms in total. The first kappa shape index (κ1) is 19.6. The molecule has 0 spiro atoms. The number of hydrogen-bond acceptors (Lipinski definition) is 6. The molecule has 1 atom stereocenters. The lowest BCUT2D eigenvalue weighted by molar-refractivity contribution is -0.115. The van der Waals surface area contributed by atoms with Crippen molar-refractivity contribution in [1.82, 2.24) is 10.2 Å². The van der Waals surface area contributed by atoms with E-state index in [1.54, 1.807) is 43.3 Å². The van der Waals surface area contributed by atoms with Gasteiger partial charge in [-0.15, -0.1) is 10.2 Å². The molecule has 28 heavy (non-hydrogen) atoms. The van der Waals surface area contributed by atoms with Gasteiger partial charge in [-0.3, -0.25) is 9.59 Å². The minimum Gasteiger partial charge on any atom is -0.411 e. The number of rotatable bonds is 6. The van der Waals surface area contributed by atoms with Gasteiger partial charge in [0, 0.05) is 18.3 Å². The van der Waals surface area contributed by atoms with Crippen LogP contribution < -0.4 is 10.6 Å². The van der Waals surface area contributed by atoms with Crippen LogP contribution in [0.25, 0.3) is 11.5 Å². The Labute approximate surface area is 164 Å². The molecular formula is C19H17FN4O3S. The van der Waals surface area contributed by atoms with Crippen LogP contribution in [-0.4, -0.2) is 27.3 Å². The van der Waals surface area contributed by atoms with Gasteiger partial charge in [0.1, 0.15) is 5.82 Å². The van der Waals surface area contributed by atoms with Crippen molar-refractivity contribution in [3.63, 3.8) is 0 Å². The number of amides is 2. The van der Waals surface area contributed by atoms with Gasteiger partial charge in [-0.2, -0.15) is 0 Å². The van der Waals surface area contributed by atoms with Crippen molar-refractivity contribution in [2.24, 2.45) is 0 Å². The maximum absolute atomic E-state index is 13.8. The van der Waals surface area contributed by atoms with Crippen molar-refractivity contribution >= 4 is 35.0 Å². The summed E-state index contributed by atoms with van der Waals surface area (Å²) in [5, 5.41) is 12.8. The van der Waals surface area contributed by atoms with Gasteiger partial charge >= 0.3 is 0 Å². The summed E-state index contributed by atoms with van der Waals surface area (Å²) in [6.45, 7) is 3.11. The molecule has 3 aromatic rings. The SMILES string of the molecule is CC(=O)Nc1ccc(NC(=O)[C@H](C)Sc2nnc(-c3ccccc3F)o2)cc1. The number of thioether (sulfide) groups is 1. The van der Waals surface area contributed by atoms with E-state index in [1.165, 1.54) is 19.1 Å². The fourth-order valence-corrected chi connectivity index (χ4v) is 2.97. The van der Waals surface area contributed by atoms with E-state index in [-0.39, 0.29) is 28.5 Å². The van der Waals surface area contributed by atoms with Crippen molar-refractivity contribution in [3.05, 3.63) is 54.3 Å². The molecule has 0 fully saturated rings. The normalized spacial score (nSPS) is 11.7. The highest BCUT2D eigenvalue weighted by atomic mass is 32.2. The van der Waals surface area contributed by atoms with Crippen LogP contribution in [0.2, 0.25) is 0 Å². The molecule has 2 aromatic carbocycles. The number of nitrogens with zero attached hydrogens (tertiary/aromatic N) is 2. The Hall–Kier alpha value is -3.20. The molecule has 2 N–H and O–H groups in total. The minimum atomic E-state index is -0.524. The van der Waals surface area contributed by atoms with Crippen LogP contribution in [-0.2, 0) is 9.59 Å². The van der Waals surface area contributed by atoms with Gasteiger partial charge in [-0.05, 0) is 43.3 Å². The third-order valence-electron chi connectivity index (χ3n) is 3.63. The largest absolute Gasteiger partial charge is 0.411 e. The molecule has 0 unspecified atom stereocenters. The molecule has 2 amide bonds. The molecular weight excluding hydrogens is 383 g/mol. The van der Waals surface area contributed by atoms with E-state index in [0.29, 0.717) is 11.4 Å². The molecule has 9 heteroatoms. The number of carbonyl (C=O) groups excluding carboxylic acids is 2. The second kappa shape index (κ2) is 8.66. The van der Waals surface area contributed by atoms with Crippen LogP contribution in [0, 0.1) is 5.82 Å². The smallest absolute Gasteiger partial charge is 0.277 e. The zero-order valence-corrected chi connectivity index (χ0v) is 15.9. The fourth-order valence-electron chi connectivity index (χ4n) is 2.29. The maximum Gasteiger partial charge on any atom is 0.277 e. The lowest BCUT2D eigenvalue weighted by atomic mass is 10.2. The number of nitrogens with one attached hydrogen (secondary N) is 2. The molecule has 144 valence electrons. The quantitative estimate of drug-likeness (QED) is 0.608. The van der Waals surface area contributed by atoms with Gasteiger partial charge in [0.2, 0.25) is 11.8 Å². The van der Waals surface area contributed by atoms with Crippen molar-refractivity contribution in [2.45, 2.75) is 24.3 Å². The van der Waals surface area contributed by atoms with Crippen LogP contribution in [0.5, 0.6) is 0 Å². The van der Waals surface area contributed by atoms with E-state index in [1.807, 2.05) is 0 Å². The van der Waals surface area contributed by atoms with Crippen LogP contribution in [0.15, 0.2) is 58.2 Å². The molecule has 1 aromatic heterocycles. The molecule has 3 rings (SSSR count). The van der Waals surface area contributed by atoms with Gasteiger partial charge < -0.3 is 15.1 Å². The predicted octanol–water partition coefficient (Wildman–Crippen LogP) is 3.95. The summed E-state index contributed by atoms with van der Waals surface area (Å²) < 4.78 is 19.2. The van der Waals surface area contributed by atoms with E-state index >= 15 is 0 Å². The van der Waals surface area contributed by atoms with E-state index in [0.717, 1.165) is 11.8 Å². The van der Waals surface area contributed by atoms with E-state index in [4.69, 9.17) is 4.42 Å². The summed E-state index contributed by atoms with van der Waals surface area (Å²) in [5.41, 5.74) is 1.43. The monoisotopic (exact) mass is 400 g/mol. The molecule has 0 saturated carbocycles. The summed E-state index contributed by atoms with van der Waals surface area (Å²) in [6.07, 6.45) is 0. The van der Waals surface area contributed by atoms with Crippen LogP contribution in [0.3, 0.4) is 0 Å². The summed E-state index contributed by atoms with van der Waals surface area (Å²) in [7, 11) is 0. The molecule has 0 aliphatic rings. The zero-order chi connectivity index (χ0) is 20.1. The van der Waals surface area contributed by atoms with Crippen LogP contribution in [0.1, 0.15) is 13.8 Å². The molecule has 0 radical (unpaired) electrons. The highest BCUT2D eigenvalue weighted by Gasteiger charge is 2.20. The number of halogens is 1. The first-order valence-corrected chi connectivity index (χ1v) is 9.24. The number of hydrogen-bond donors (Lipinski definition) is 2. The van der Waals surface area contributed by atoms with Gasteiger partial charge in [0.05, 0.1) is 10.8 Å². The minimum absolute atomic E-state index is 0.0572. The Morgan fingerprint density at radius 3 is 2.32 bits per heavy atom. The highest BCUT2D eigenvalue weighted by molar-refractivity contribution is 8.00. The second-order valence-electron chi connectivity index (χ2n) is 5.86. The molecule has 1 heterocycles. The summed E-state index contributed by atoms with van der Waals surface area (Å²) in [5.74, 6) is -0.836. The van der Waals surface area contributed by atoms with Crippen molar-refractivity contribution in [2.75, 3.05) is 10.6 Å². The summed E-state index contributed by atoms with van der Waals surface area (Å²) in [6, 6.07) is 12.8. The lowest BCUT2D eigenvalue weighted by Gasteiger charge is -2.10. The fraction of sp³-hybridized carbons (Fsp3) is 0.158. The molecule has 0 bridgehead atoms. The average molecular weight is 400 g/mol. The third kappa shape index (κ3) is 4.95. The average Bonchev–Trinajstić information content (AvgIpc) is 3.11. The first-order chi connectivity index (χ1) is 13.4.